The minimum atomic E-state index is -0.497. The third-order valence-corrected chi connectivity index (χ3v) is 3.21. The fraction of sp³-hybridized carbons (Fsp3) is 0.167. The number of rotatable bonds is 2. The van der Waals surface area contributed by atoms with Crippen LogP contribution in [0.15, 0.2) is 18.4 Å². The highest BCUT2D eigenvalue weighted by Gasteiger charge is 2.14. The van der Waals surface area contributed by atoms with Gasteiger partial charge < -0.3 is 9.67 Å². The number of fused-ring (bicyclic) bond motifs is 1. The van der Waals surface area contributed by atoms with Gasteiger partial charge in [0, 0.05) is 30.1 Å². The predicted octanol–water partition coefficient (Wildman–Crippen LogP) is 3.05. The quantitative estimate of drug-likeness (QED) is 0.395. The van der Waals surface area contributed by atoms with E-state index in [2.05, 4.69) is 4.98 Å². The van der Waals surface area contributed by atoms with E-state index in [0.29, 0.717) is 26.9 Å². The number of aromatic nitrogens is 2. The van der Waals surface area contributed by atoms with Gasteiger partial charge in [-0.25, -0.2) is 4.98 Å². The number of nitrogens with zero attached hydrogens (tertiary/aromatic N) is 3. The van der Waals surface area contributed by atoms with Crippen molar-refractivity contribution < 1.29 is 10.0 Å². The zero-order chi connectivity index (χ0) is 14.2. The van der Waals surface area contributed by atoms with Gasteiger partial charge in [0.25, 0.3) is 5.69 Å². The molecule has 1 heterocycles. The molecule has 0 saturated heterocycles. The number of hydrogen-bond acceptors (Lipinski definition) is 5. The Balaban J connectivity index is 3.03. The molecule has 19 heavy (non-hydrogen) atoms. The summed E-state index contributed by atoms with van der Waals surface area (Å²) >= 11 is 5.16. The molecule has 2 rings (SSSR count). The molecular formula is C12H11N3O3S. The number of nitro groups is 1. The minimum absolute atomic E-state index is 0.0858. The van der Waals surface area contributed by atoms with Crippen LogP contribution in [0.4, 0.5) is 5.69 Å². The number of aliphatic hydroxyl groups excluding tert-OH is 1. The van der Waals surface area contributed by atoms with Crippen LogP contribution in [0, 0.1) is 21.7 Å². The number of nitro benzene ring substituents is 1. The number of benzene rings is 1. The second kappa shape index (κ2) is 4.77. The second-order valence-corrected chi connectivity index (χ2v) is 4.41. The summed E-state index contributed by atoms with van der Waals surface area (Å²) in [4.78, 5) is 14.6. The molecule has 98 valence electrons. The highest BCUT2D eigenvalue weighted by molar-refractivity contribution is 7.71. The van der Waals surface area contributed by atoms with Crippen LogP contribution in [0.25, 0.3) is 17.0 Å². The van der Waals surface area contributed by atoms with E-state index < -0.39 is 4.92 Å². The maximum atomic E-state index is 10.9. The average Bonchev–Trinajstić information content (AvgIpc) is 2.35. The molecule has 1 aromatic heterocycles. The van der Waals surface area contributed by atoms with Crippen LogP contribution >= 0.6 is 12.2 Å². The van der Waals surface area contributed by atoms with Gasteiger partial charge in [0.05, 0.1) is 16.7 Å². The lowest BCUT2D eigenvalue weighted by Gasteiger charge is -2.11. The van der Waals surface area contributed by atoms with Gasteiger partial charge in [0.2, 0.25) is 0 Å². The normalized spacial score (nSPS) is 11.3. The Hall–Kier alpha value is -2.28. The molecule has 0 aliphatic rings. The van der Waals surface area contributed by atoms with Crippen LogP contribution in [-0.2, 0) is 7.05 Å². The van der Waals surface area contributed by atoms with E-state index in [-0.39, 0.29) is 5.69 Å². The fourth-order valence-electron chi connectivity index (χ4n) is 1.94. The summed E-state index contributed by atoms with van der Waals surface area (Å²) in [7, 11) is 1.79. The Morgan fingerprint density at radius 3 is 2.79 bits per heavy atom. The SMILES string of the molecule is Cc1nc(=S)c2cc([N+](=O)[O-])cc(C=CO)c2n1C. The molecule has 0 aliphatic carbocycles. The van der Waals surface area contributed by atoms with E-state index in [1.54, 1.807) is 18.5 Å². The number of aryl methyl sites for hydroxylation is 2. The summed E-state index contributed by atoms with van der Waals surface area (Å²) in [6.45, 7) is 1.79. The molecule has 7 heteroatoms. The van der Waals surface area contributed by atoms with Gasteiger partial charge in [-0.3, -0.25) is 10.1 Å². The van der Waals surface area contributed by atoms with Crippen molar-refractivity contribution >= 4 is 34.9 Å². The largest absolute Gasteiger partial charge is 0.516 e. The zero-order valence-corrected chi connectivity index (χ0v) is 11.1. The lowest BCUT2D eigenvalue weighted by Crippen LogP contribution is -2.04. The highest BCUT2D eigenvalue weighted by Crippen LogP contribution is 2.27. The predicted molar refractivity (Wildman–Crippen MR) is 74.6 cm³/mol. The van der Waals surface area contributed by atoms with Gasteiger partial charge in [-0.15, -0.1) is 0 Å². The van der Waals surface area contributed by atoms with Crippen LogP contribution in [0.3, 0.4) is 0 Å². The maximum absolute atomic E-state index is 10.9. The van der Waals surface area contributed by atoms with Crippen molar-refractivity contribution in [2.75, 3.05) is 0 Å². The molecule has 0 spiro atoms. The fourth-order valence-corrected chi connectivity index (χ4v) is 2.22. The molecule has 1 aromatic carbocycles. The summed E-state index contributed by atoms with van der Waals surface area (Å²) in [6.07, 6.45) is 2.24. The molecule has 0 atom stereocenters. The van der Waals surface area contributed by atoms with Crippen molar-refractivity contribution in [1.82, 2.24) is 9.55 Å². The van der Waals surface area contributed by atoms with Crippen molar-refractivity contribution in [2.24, 2.45) is 7.05 Å². The first-order chi connectivity index (χ1) is 8.95. The smallest absolute Gasteiger partial charge is 0.270 e. The first-order valence-electron chi connectivity index (χ1n) is 5.42. The zero-order valence-electron chi connectivity index (χ0n) is 10.3. The Kier molecular flexibility index (Phi) is 3.30. The Bertz CT molecular complexity index is 765. The van der Waals surface area contributed by atoms with Crippen LogP contribution in [0.2, 0.25) is 0 Å². The van der Waals surface area contributed by atoms with Crippen molar-refractivity contribution in [3.8, 4) is 0 Å². The van der Waals surface area contributed by atoms with Gasteiger partial charge in [-0.1, -0.05) is 12.2 Å². The number of hydrogen-bond donors (Lipinski definition) is 1. The molecule has 0 radical (unpaired) electrons. The van der Waals surface area contributed by atoms with E-state index >= 15 is 0 Å². The summed E-state index contributed by atoms with van der Waals surface area (Å²) in [6, 6.07) is 2.79. The number of aliphatic hydroxyl groups is 1. The van der Waals surface area contributed by atoms with Gasteiger partial charge in [0.15, 0.2) is 0 Å². The molecule has 0 aliphatic heterocycles. The molecule has 0 unspecified atom stereocenters. The topological polar surface area (TPSA) is 81.2 Å². The van der Waals surface area contributed by atoms with E-state index in [1.165, 1.54) is 18.2 Å². The van der Waals surface area contributed by atoms with Crippen LogP contribution in [-0.4, -0.2) is 19.6 Å². The van der Waals surface area contributed by atoms with Crippen molar-refractivity contribution in [3.63, 3.8) is 0 Å². The van der Waals surface area contributed by atoms with Gasteiger partial charge in [-0.05, 0) is 13.0 Å². The van der Waals surface area contributed by atoms with Crippen LogP contribution in [0.5, 0.6) is 0 Å². The van der Waals surface area contributed by atoms with Crippen LogP contribution < -0.4 is 0 Å². The molecule has 0 bridgehead atoms. The Morgan fingerprint density at radius 1 is 1.53 bits per heavy atom. The standard InChI is InChI=1S/C12H11N3O3S/c1-7-13-12(19)10-6-9(15(17)18)5-8(3-4-16)11(10)14(7)2/h3-6,16H,1-2H3. The molecule has 2 aromatic rings. The van der Waals surface area contributed by atoms with E-state index in [1.807, 2.05) is 0 Å². The van der Waals surface area contributed by atoms with E-state index in [0.717, 1.165) is 6.26 Å². The lowest BCUT2D eigenvalue weighted by molar-refractivity contribution is -0.384. The van der Waals surface area contributed by atoms with Crippen molar-refractivity contribution in [1.29, 1.82) is 0 Å². The molecule has 0 saturated carbocycles. The number of non-ortho nitro benzene ring substituents is 1. The minimum Gasteiger partial charge on any atom is -0.516 e. The van der Waals surface area contributed by atoms with Gasteiger partial charge in [-0.2, -0.15) is 0 Å². The molecule has 0 amide bonds. The van der Waals surface area contributed by atoms with Crippen molar-refractivity contribution in [3.05, 3.63) is 44.5 Å². The summed E-state index contributed by atoms with van der Waals surface area (Å²) < 4.78 is 2.09. The first-order valence-corrected chi connectivity index (χ1v) is 5.83. The molecular weight excluding hydrogens is 266 g/mol. The summed E-state index contributed by atoms with van der Waals surface area (Å²) in [5.41, 5.74) is 1.14. The lowest BCUT2D eigenvalue weighted by atomic mass is 10.1. The molecule has 6 nitrogen and oxygen atoms in total. The molecule has 0 fully saturated rings. The summed E-state index contributed by atoms with van der Waals surface area (Å²) in [5.74, 6) is 0.693. The summed E-state index contributed by atoms with van der Waals surface area (Å²) in [5, 5.41) is 20.4. The van der Waals surface area contributed by atoms with E-state index in [4.69, 9.17) is 17.3 Å². The second-order valence-electron chi connectivity index (χ2n) is 4.03. The van der Waals surface area contributed by atoms with Crippen molar-refractivity contribution in [2.45, 2.75) is 6.92 Å². The Morgan fingerprint density at radius 2 is 2.21 bits per heavy atom. The maximum Gasteiger partial charge on any atom is 0.270 e. The first kappa shape index (κ1) is 13.2. The van der Waals surface area contributed by atoms with Crippen LogP contribution in [0.1, 0.15) is 11.4 Å². The van der Waals surface area contributed by atoms with Gasteiger partial charge in [0.1, 0.15) is 10.5 Å². The Labute approximate surface area is 113 Å². The average molecular weight is 277 g/mol. The highest BCUT2D eigenvalue weighted by atomic mass is 32.1. The third kappa shape index (κ3) is 2.19. The third-order valence-electron chi connectivity index (χ3n) is 2.90. The van der Waals surface area contributed by atoms with E-state index in [9.17, 15) is 10.1 Å². The monoisotopic (exact) mass is 277 g/mol. The molecule has 1 N–H and O–H groups in total. The van der Waals surface area contributed by atoms with Gasteiger partial charge >= 0.3 is 0 Å².